The molecule has 1 aliphatic heterocycles. The van der Waals surface area contributed by atoms with Gasteiger partial charge in [0.05, 0.1) is 0 Å². The molecule has 0 radical (unpaired) electrons. The molecule has 3 heteroatoms. The van der Waals surface area contributed by atoms with Crippen molar-refractivity contribution in [1.29, 1.82) is 0 Å². The average molecular weight is 324 g/mol. The minimum Gasteiger partial charge on any atom is -0.410 e. The molecule has 0 aliphatic carbocycles. The third-order valence-electron chi connectivity index (χ3n) is 4.61. The Morgan fingerprint density at radius 2 is 1.22 bits per heavy atom. The van der Waals surface area contributed by atoms with Gasteiger partial charge in [-0.05, 0) is 20.3 Å². The Morgan fingerprint density at radius 3 is 1.61 bits per heavy atom. The highest BCUT2D eigenvalue weighted by Crippen LogP contribution is 2.21. The van der Waals surface area contributed by atoms with Gasteiger partial charge in [0.2, 0.25) is 0 Å². The van der Waals surface area contributed by atoms with Gasteiger partial charge in [-0.2, -0.15) is 0 Å². The van der Waals surface area contributed by atoms with Gasteiger partial charge in [-0.25, -0.2) is 9.79 Å². The molecule has 134 valence electrons. The predicted molar refractivity (Wildman–Crippen MR) is 97.9 cm³/mol. The van der Waals surface area contributed by atoms with Crippen molar-refractivity contribution in [2.24, 2.45) is 4.99 Å². The summed E-state index contributed by atoms with van der Waals surface area (Å²) in [4.78, 5) is 15.8. The monoisotopic (exact) mass is 323 g/mol. The zero-order valence-corrected chi connectivity index (χ0v) is 15.7. The van der Waals surface area contributed by atoms with Crippen molar-refractivity contribution in [3.63, 3.8) is 0 Å². The van der Waals surface area contributed by atoms with Crippen LogP contribution in [0.15, 0.2) is 4.99 Å². The van der Waals surface area contributed by atoms with E-state index in [9.17, 15) is 4.79 Å². The summed E-state index contributed by atoms with van der Waals surface area (Å²) in [5.74, 6) is 0.435. The van der Waals surface area contributed by atoms with Gasteiger partial charge < -0.3 is 4.74 Å². The van der Waals surface area contributed by atoms with E-state index in [1.54, 1.807) is 0 Å². The van der Waals surface area contributed by atoms with Gasteiger partial charge in [0.25, 0.3) is 0 Å². The van der Waals surface area contributed by atoms with Crippen LogP contribution in [0.2, 0.25) is 0 Å². The number of nitrogens with zero attached hydrogens (tertiary/aromatic N) is 1. The highest BCUT2D eigenvalue weighted by molar-refractivity contribution is 5.99. The van der Waals surface area contributed by atoms with Crippen molar-refractivity contribution < 1.29 is 9.53 Å². The van der Waals surface area contributed by atoms with Gasteiger partial charge in [0.15, 0.2) is 11.4 Å². The number of hydrogen-bond acceptors (Lipinski definition) is 3. The molecule has 1 heterocycles. The summed E-state index contributed by atoms with van der Waals surface area (Å²) in [5.41, 5.74) is -0.661. The maximum absolute atomic E-state index is 11.5. The Balaban J connectivity index is 1.83. The molecule has 0 saturated heterocycles. The average Bonchev–Trinajstić information content (AvgIpc) is 2.77. The van der Waals surface area contributed by atoms with Crippen molar-refractivity contribution >= 4 is 11.9 Å². The van der Waals surface area contributed by atoms with Gasteiger partial charge in [0.1, 0.15) is 0 Å². The summed E-state index contributed by atoms with van der Waals surface area (Å²) < 4.78 is 5.19. The van der Waals surface area contributed by atoms with Crippen LogP contribution in [0.1, 0.15) is 111 Å². The van der Waals surface area contributed by atoms with E-state index in [1.807, 2.05) is 13.8 Å². The van der Waals surface area contributed by atoms with Crippen LogP contribution in [0.5, 0.6) is 0 Å². The van der Waals surface area contributed by atoms with Gasteiger partial charge >= 0.3 is 5.97 Å². The molecule has 0 atom stereocenters. The quantitative estimate of drug-likeness (QED) is 0.282. The van der Waals surface area contributed by atoms with E-state index in [0.717, 1.165) is 12.8 Å². The van der Waals surface area contributed by atoms with Crippen molar-refractivity contribution in [2.45, 2.75) is 116 Å². The summed E-state index contributed by atoms with van der Waals surface area (Å²) in [6.45, 7) is 5.90. The van der Waals surface area contributed by atoms with E-state index in [-0.39, 0.29) is 5.97 Å². The Hall–Kier alpha value is -0.860. The van der Waals surface area contributed by atoms with Gasteiger partial charge in [-0.15, -0.1) is 0 Å². The molecule has 1 aliphatic rings. The number of carbonyl (C=O) groups excluding carboxylic acids is 1. The summed E-state index contributed by atoms with van der Waals surface area (Å²) in [7, 11) is 0. The summed E-state index contributed by atoms with van der Waals surface area (Å²) in [6.07, 6.45) is 18.4. The molecule has 0 fully saturated rings. The second-order valence-electron chi connectivity index (χ2n) is 7.45. The summed E-state index contributed by atoms with van der Waals surface area (Å²) in [5, 5.41) is 0. The predicted octanol–water partition coefficient (Wildman–Crippen LogP) is 6.20. The molecular weight excluding hydrogens is 286 g/mol. The lowest BCUT2D eigenvalue weighted by molar-refractivity contribution is -0.138. The molecule has 0 aromatic carbocycles. The molecular formula is C20H37NO2. The third-order valence-corrected chi connectivity index (χ3v) is 4.61. The minimum atomic E-state index is -0.661. The molecule has 0 amide bonds. The Labute approximate surface area is 143 Å². The first kappa shape index (κ1) is 20.2. The minimum absolute atomic E-state index is 0.206. The lowest BCUT2D eigenvalue weighted by Gasteiger charge is -2.05. The molecule has 1 rings (SSSR count). The Kier molecular flexibility index (Phi) is 10.2. The molecule has 0 spiro atoms. The van der Waals surface area contributed by atoms with Crippen LogP contribution >= 0.6 is 0 Å². The number of rotatable bonds is 14. The Bertz CT molecular complexity index is 361. The van der Waals surface area contributed by atoms with Crippen LogP contribution < -0.4 is 0 Å². The zero-order valence-electron chi connectivity index (χ0n) is 15.7. The lowest BCUT2D eigenvalue weighted by Crippen LogP contribution is -2.25. The van der Waals surface area contributed by atoms with Crippen LogP contribution in [-0.2, 0) is 9.53 Å². The highest BCUT2D eigenvalue weighted by Gasteiger charge is 2.36. The number of cyclic esters (lactones) is 1. The van der Waals surface area contributed by atoms with Gasteiger partial charge in [-0.1, -0.05) is 84.0 Å². The molecule has 23 heavy (non-hydrogen) atoms. The smallest absolute Gasteiger partial charge is 0.340 e. The fraction of sp³-hybridized carbons (Fsp3) is 0.900. The van der Waals surface area contributed by atoms with Crippen LogP contribution in [0, 0.1) is 0 Å². The molecule has 0 N–H and O–H groups in total. The standard InChI is InChI=1S/C20H37NO2/c1-4-5-6-7-8-9-10-11-12-13-14-15-16-17-18-21-20(2,3)19(22)23-18/h4-17H2,1-3H3. The van der Waals surface area contributed by atoms with Crippen molar-refractivity contribution in [3.8, 4) is 0 Å². The van der Waals surface area contributed by atoms with Crippen molar-refractivity contribution in [2.75, 3.05) is 0 Å². The fourth-order valence-electron chi connectivity index (χ4n) is 3.01. The number of carbonyl (C=O) groups is 1. The van der Waals surface area contributed by atoms with E-state index < -0.39 is 5.54 Å². The maximum atomic E-state index is 11.5. The third kappa shape index (κ3) is 9.12. The normalized spacial score (nSPS) is 16.5. The highest BCUT2D eigenvalue weighted by atomic mass is 16.6. The molecule has 0 saturated carbocycles. The van der Waals surface area contributed by atoms with Crippen LogP contribution in [-0.4, -0.2) is 17.4 Å². The zero-order chi connectivity index (χ0) is 17.0. The second-order valence-corrected chi connectivity index (χ2v) is 7.45. The lowest BCUT2D eigenvalue weighted by atomic mass is 10.0. The molecule has 0 unspecified atom stereocenters. The summed E-state index contributed by atoms with van der Waals surface area (Å²) in [6, 6.07) is 0. The van der Waals surface area contributed by atoms with Crippen LogP contribution in [0.4, 0.5) is 0 Å². The molecule has 3 nitrogen and oxygen atoms in total. The van der Waals surface area contributed by atoms with Crippen molar-refractivity contribution in [3.05, 3.63) is 0 Å². The number of ether oxygens (including phenoxy) is 1. The van der Waals surface area contributed by atoms with E-state index in [1.165, 1.54) is 77.0 Å². The van der Waals surface area contributed by atoms with Gasteiger partial charge in [-0.3, -0.25) is 0 Å². The van der Waals surface area contributed by atoms with E-state index in [2.05, 4.69) is 11.9 Å². The first-order valence-corrected chi connectivity index (χ1v) is 9.87. The van der Waals surface area contributed by atoms with Crippen molar-refractivity contribution in [1.82, 2.24) is 0 Å². The molecule has 0 aromatic heterocycles. The first-order chi connectivity index (χ1) is 11.1. The van der Waals surface area contributed by atoms with E-state index in [0.29, 0.717) is 5.90 Å². The van der Waals surface area contributed by atoms with E-state index in [4.69, 9.17) is 4.74 Å². The number of hydrogen-bond donors (Lipinski definition) is 0. The largest absolute Gasteiger partial charge is 0.410 e. The van der Waals surface area contributed by atoms with E-state index >= 15 is 0 Å². The number of esters is 1. The number of aliphatic imine (C=N–C) groups is 1. The molecule has 0 aromatic rings. The SMILES string of the molecule is CCCCCCCCCCCCCCCC1=NC(C)(C)C(=O)O1. The van der Waals surface area contributed by atoms with Gasteiger partial charge in [0, 0.05) is 6.42 Å². The Morgan fingerprint density at radius 1 is 0.783 bits per heavy atom. The number of unbranched alkanes of at least 4 members (excludes halogenated alkanes) is 12. The maximum Gasteiger partial charge on any atom is 0.340 e. The van der Waals surface area contributed by atoms with Crippen LogP contribution in [0.25, 0.3) is 0 Å². The fourth-order valence-corrected chi connectivity index (χ4v) is 3.01. The summed E-state index contributed by atoms with van der Waals surface area (Å²) >= 11 is 0. The topological polar surface area (TPSA) is 38.7 Å². The second kappa shape index (κ2) is 11.6. The molecule has 0 bridgehead atoms. The van der Waals surface area contributed by atoms with Crippen LogP contribution in [0.3, 0.4) is 0 Å². The first-order valence-electron chi connectivity index (χ1n) is 9.87.